The Hall–Kier alpha value is -1.40. The van der Waals surface area contributed by atoms with Crippen molar-refractivity contribution in [3.63, 3.8) is 0 Å². The molecule has 0 bridgehead atoms. The molecule has 0 radical (unpaired) electrons. The maximum absolute atomic E-state index is 13.5. The van der Waals surface area contributed by atoms with E-state index in [1.165, 1.54) is 18.6 Å². The molecule has 1 unspecified atom stereocenters. The summed E-state index contributed by atoms with van der Waals surface area (Å²) >= 11 is 0. The first kappa shape index (κ1) is 16.0. The number of benzene rings is 1. The Morgan fingerprint density at radius 1 is 1.43 bits per heavy atom. The topological polar surface area (TPSA) is 44.0 Å². The number of hydrogen-bond donors (Lipinski definition) is 1. The second-order valence-corrected chi connectivity index (χ2v) is 6.51. The van der Waals surface area contributed by atoms with Crippen LogP contribution in [0.15, 0.2) is 24.3 Å². The Bertz CT molecular complexity index is 524. The van der Waals surface area contributed by atoms with E-state index in [1.807, 2.05) is 0 Å². The van der Waals surface area contributed by atoms with Crippen molar-refractivity contribution >= 4 is 0 Å². The van der Waals surface area contributed by atoms with Crippen LogP contribution in [-0.4, -0.2) is 5.11 Å². The summed E-state index contributed by atoms with van der Waals surface area (Å²) in [6.45, 7) is 3.83. The summed E-state index contributed by atoms with van der Waals surface area (Å²) in [5, 5.41) is 20.7. The van der Waals surface area contributed by atoms with Crippen LogP contribution >= 0.6 is 0 Å². The third-order valence-corrected chi connectivity index (χ3v) is 5.19. The summed E-state index contributed by atoms with van der Waals surface area (Å²) in [7, 11) is 0. The standard InChI is InChI=1S/C18H24FNO/c1-3-5-14-8-10-18(13-20,11-9-14)17(2,21)15-6-4-7-16(19)12-15/h4,6-7,12,14,21H,3,5,8-11H2,1-2H3. The van der Waals surface area contributed by atoms with Gasteiger partial charge in [0.25, 0.3) is 0 Å². The maximum atomic E-state index is 13.5. The van der Waals surface area contributed by atoms with Crippen molar-refractivity contribution in [3.05, 3.63) is 35.6 Å². The molecule has 0 aromatic heterocycles. The van der Waals surface area contributed by atoms with Crippen molar-refractivity contribution in [3.8, 4) is 6.07 Å². The summed E-state index contributed by atoms with van der Waals surface area (Å²) in [4.78, 5) is 0. The van der Waals surface area contributed by atoms with Gasteiger partial charge in [-0.25, -0.2) is 4.39 Å². The number of halogens is 1. The third-order valence-electron chi connectivity index (χ3n) is 5.19. The minimum Gasteiger partial charge on any atom is -0.384 e. The summed E-state index contributed by atoms with van der Waals surface area (Å²) < 4.78 is 13.5. The van der Waals surface area contributed by atoms with Crippen LogP contribution in [0.3, 0.4) is 0 Å². The summed E-state index contributed by atoms with van der Waals surface area (Å²) in [6, 6.07) is 8.37. The Balaban J connectivity index is 2.26. The highest BCUT2D eigenvalue weighted by molar-refractivity contribution is 5.29. The van der Waals surface area contributed by atoms with Gasteiger partial charge < -0.3 is 5.11 Å². The largest absolute Gasteiger partial charge is 0.384 e. The van der Waals surface area contributed by atoms with Crippen molar-refractivity contribution in [2.45, 2.75) is 58.0 Å². The zero-order valence-corrected chi connectivity index (χ0v) is 12.9. The number of nitrogens with zero attached hydrogens (tertiary/aromatic N) is 1. The molecule has 1 aromatic rings. The molecular weight excluding hydrogens is 265 g/mol. The van der Waals surface area contributed by atoms with E-state index in [0.29, 0.717) is 24.3 Å². The Kier molecular flexibility index (Phi) is 4.68. The van der Waals surface area contributed by atoms with Gasteiger partial charge in [0.15, 0.2) is 0 Å². The normalized spacial score (nSPS) is 28.6. The molecule has 1 N–H and O–H groups in total. The van der Waals surface area contributed by atoms with E-state index in [1.54, 1.807) is 19.1 Å². The molecule has 1 saturated carbocycles. The molecule has 3 heteroatoms. The summed E-state index contributed by atoms with van der Waals surface area (Å²) in [5.74, 6) is 0.278. The highest BCUT2D eigenvalue weighted by Gasteiger charge is 2.50. The molecule has 0 saturated heterocycles. The lowest BCUT2D eigenvalue weighted by atomic mass is 9.60. The van der Waals surface area contributed by atoms with E-state index in [9.17, 15) is 14.8 Å². The second kappa shape index (κ2) is 6.15. The van der Waals surface area contributed by atoms with E-state index in [-0.39, 0.29) is 5.82 Å². The van der Waals surface area contributed by atoms with Gasteiger partial charge >= 0.3 is 0 Å². The van der Waals surface area contributed by atoms with Crippen molar-refractivity contribution in [1.82, 2.24) is 0 Å². The SMILES string of the molecule is CCCC1CCC(C#N)(C(C)(O)c2cccc(F)c2)CC1. The van der Waals surface area contributed by atoms with Gasteiger partial charge in [0.2, 0.25) is 0 Å². The molecule has 114 valence electrons. The molecule has 2 rings (SSSR count). The predicted octanol–water partition coefficient (Wildman–Crippen LogP) is 4.53. The van der Waals surface area contributed by atoms with Crippen LogP contribution < -0.4 is 0 Å². The van der Waals surface area contributed by atoms with Crippen molar-refractivity contribution in [2.75, 3.05) is 0 Å². The van der Waals surface area contributed by atoms with Crippen molar-refractivity contribution in [2.24, 2.45) is 11.3 Å². The highest BCUT2D eigenvalue weighted by atomic mass is 19.1. The zero-order chi connectivity index (χ0) is 15.5. The molecule has 2 nitrogen and oxygen atoms in total. The average molecular weight is 289 g/mol. The van der Waals surface area contributed by atoms with E-state index in [2.05, 4.69) is 13.0 Å². The molecule has 1 aliphatic carbocycles. The van der Waals surface area contributed by atoms with Crippen molar-refractivity contribution < 1.29 is 9.50 Å². The molecule has 0 heterocycles. The lowest BCUT2D eigenvalue weighted by Gasteiger charge is -2.45. The van der Waals surface area contributed by atoms with Crippen molar-refractivity contribution in [1.29, 1.82) is 5.26 Å². The molecule has 0 aliphatic heterocycles. The fraction of sp³-hybridized carbons (Fsp3) is 0.611. The van der Waals surface area contributed by atoms with E-state index >= 15 is 0 Å². The fourth-order valence-corrected chi connectivity index (χ4v) is 3.64. The quantitative estimate of drug-likeness (QED) is 0.884. The van der Waals surface area contributed by atoms with Crippen LogP contribution in [-0.2, 0) is 5.60 Å². The maximum Gasteiger partial charge on any atom is 0.123 e. The minimum atomic E-state index is -1.32. The molecule has 1 atom stereocenters. The predicted molar refractivity (Wildman–Crippen MR) is 80.9 cm³/mol. The van der Waals surface area contributed by atoms with E-state index in [4.69, 9.17) is 0 Å². The van der Waals surface area contributed by atoms with Crippen LogP contribution in [0.25, 0.3) is 0 Å². The van der Waals surface area contributed by atoms with Crippen LogP contribution in [0.5, 0.6) is 0 Å². The summed E-state index contributed by atoms with van der Waals surface area (Å²) in [6.07, 6.45) is 5.63. The van der Waals surface area contributed by atoms with Gasteiger partial charge in [-0.05, 0) is 56.2 Å². The molecule has 1 fully saturated rings. The second-order valence-electron chi connectivity index (χ2n) is 6.51. The molecule has 0 amide bonds. The smallest absolute Gasteiger partial charge is 0.123 e. The number of hydrogen-bond acceptors (Lipinski definition) is 2. The number of nitriles is 1. The van der Waals surface area contributed by atoms with Gasteiger partial charge in [0, 0.05) is 0 Å². The Morgan fingerprint density at radius 2 is 2.10 bits per heavy atom. The lowest BCUT2D eigenvalue weighted by Crippen LogP contribution is -2.45. The fourth-order valence-electron chi connectivity index (χ4n) is 3.64. The van der Waals surface area contributed by atoms with Gasteiger partial charge in [0.05, 0.1) is 11.5 Å². The Morgan fingerprint density at radius 3 is 2.62 bits per heavy atom. The minimum absolute atomic E-state index is 0.375. The van der Waals surface area contributed by atoms with Gasteiger partial charge in [0.1, 0.15) is 11.4 Å². The van der Waals surface area contributed by atoms with Crippen LogP contribution in [0.4, 0.5) is 4.39 Å². The van der Waals surface area contributed by atoms with E-state index < -0.39 is 11.0 Å². The Labute approximate surface area is 126 Å². The van der Waals surface area contributed by atoms with Gasteiger partial charge in [-0.2, -0.15) is 5.26 Å². The zero-order valence-electron chi connectivity index (χ0n) is 12.9. The van der Waals surface area contributed by atoms with Crippen LogP contribution in [0, 0.1) is 28.5 Å². The van der Waals surface area contributed by atoms with Gasteiger partial charge in [-0.15, -0.1) is 0 Å². The summed E-state index contributed by atoms with van der Waals surface area (Å²) in [5.41, 5.74) is -1.63. The highest BCUT2D eigenvalue weighted by Crippen LogP contribution is 2.51. The first-order chi connectivity index (χ1) is 9.95. The number of rotatable bonds is 4. The molecule has 1 aliphatic rings. The lowest BCUT2D eigenvalue weighted by molar-refractivity contribution is -0.0702. The first-order valence-electron chi connectivity index (χ1n) is 7.85. The molecule has 21 heavy (non-hydrogen) atoms. The van der Waals surface area contributed by atoms with Gasteiger partial charge in [-0.3, -0.25) is 0 Å². The van der Waals surface area contributed by atoms with Crippen LogP contribution in [0.1, 0.15) is 57.9 Å². The first-order valence-corrected chi connectivity index (χ1v) is 7.85. The monoisotopic (exact) mass is 289 g/mol. The van der Waals surface area contributed by atoms with Crippen LogP contribution in [0.2, 0.25) is 0 Å². The molecule has 1 aromatic carbocycles. The average Bonchev–Trinajstić information content (AvgIpc) is 2.48. The third kappa shape index (κ3) is 2.96. The molecule has 0 spiro atoms. The van der Waals surface area contributed by atoms with Gasteiger partial charge in [-0.1, -0.05) is 31.9 Å². The van der Waals surface area contributed by atoms with E-state index in [0.717, 1.165) is 19.3 Å². The molecular formula is C18H24FNO. The number of aliphatic hydroxyl groups is 1.